The fraction of sp³-hybridized carbons (Fsp3) is 0.120. The summed E-state index contributed by atoms with van der Waals surface area (Å²) in [7, 11) is 3.58. The molecule has 2 aromatic carbocycles. The molecule has 0 spiro atoms. The summed E-state index contributed by atoms with van der Waals surface area (Å²) in [6.07, 6.45) is 3.44. The smallest absolute Gasteiger partial charge is 0.251 e. The van der Waals surface area contributed by atoms with Gasteiger partial charge in [0.2, 0.25) is 0 Å². The van der Waals surface area contributed by atoms with Gasteiger partial charge in [0.1, 0.15) is 5.82 Å². The van der Waals surface area contributed by atoms with Crippen LogP contribution < -0.4 is 5.56 Å². The van der Waals surface area contributed by atoms with Crippen LogP contribution in [0.3, 0.4) is 0 Å². The first kappa shape index (κ1) is 21.9. The van der Waals surface area contributed by atoms with Gasteiger partial charge < -0.3 is 14.2 Å². The molecule has 3 aromatic heterocycles. The molecule has 1 unspecified atom stereocenters. The molecular formula is C25H19Cl2N3O2S. The number of benzene rings is 2. The second-order valence-corrected chi connectivity index (χ2v) is 10.0. The fourth-order valence-corrected chi connectivity index (χ4v) is 5.38. The van der Waals surface area contributed by atoms with Crippen molar-refractivity contribution < 1.29 is 5.11 Å². The van der Waals surface area contributed by atoms with E-state index in [-0.39, 0.29) is 5.56 Å². The molecule has 1 N–H and O–H groups in total. The standard InChI is InChI=1S/C25H19Cl2N3O2S/c1-29-12-11-28-24(29)25(32,15-3-6-17(26)7-4-15)16-5-8-20-18(13-16)19(14-23(31)30(20)2)21-9-10-22(27)33-21/h3-14,32H,1-2H3. The first-order chi connectivity index (χ1) is 15.8. The highest BCUT2D eigenvalue weighted by Crippen LogP contribution is 2.40. The van der Waals surface area contributed by atoms with Crippen LogP contribution in [0, 0.1) is 0 Å². The Morgan fingerprint density at radius 1 is 0.970 bits per heavy atom. The second-order valence-electron chi connectivity index (χ2n) is 7.87. The van der Waals surface area contributed by atoms with Crippen molar-refractivity contribution in [3.8, 4) is 10.4 Å². The first-order valence-electron chi connectivity index (χ1n) is 10.1. The highest BCUT2D eigenvalue weighted by Gasteiger charge is 2.38. The van der Waals surface area contributed by atoms with Crippen molar-refractivity contribution in [3.05, 3.63) is 110 Å². The Hall–Kier alpha value is -2.90. The molecule has 0 aliphatic carbocycles. The number of imidazole rings is 1. The fourth-order valence-electron chi connectivity index (χ4n) is 4.18. The van der Waals surface area contributed by atoms with E-state index in [4.69, 9.17) is 23.2 Å². The molecule has 1 atom stereocenters. The molecule has 0 aliphatic heterocycles. The first-order valence-corrected chi connectivity index (χ1v) is 11.7. The number of hydrogen-bond acceptors (Lipinski definition) is 4. The molecular weight excluding hydrogens is 477 g/mol. The van der Waals surface area contributed by atoms with E-state index >= 15 is 0 Å². The molecule has 5 rings (SSSR count). The Balaban J connectivity index is 1.83. The van der Waals surface area contributed by atoms with Crippen LogP contribution in [-0.4, -0.2) is 19.2 Å². The van der Waals surface area contributed by atoms with Crippen LogP contribution in [0.25, 0.3) is 21.3 Å². The zero-order valence-electron chi connectivity index (χ0n) is 17.8. The maximum atomic E-state index is 12.7. The molecule has 0 fully saturated rings. The summed E-state index contributed by atoms with van der Waals surface area (Å²) in [5, 5.41) is 13.6. The maximum absolute atomic E-state index is 12.7. The van der Waals surface area contributed by atoms with E-state index in [2.05, 4.69) is 4.98 Å². The predicted octanol–water partition coefficient (Wildman–Crippen LogP) is 5.59. The third kappa shape index (κ3) is 3.60. The molecule has 0 saturated carbocycles. The zero-order valence-corrected chi connectivity index (χ0v) is 20.1. The molecule has 3 heterocycles. The van der Waals surface area contributed by atoms with Gasteiger partial charge in [-0.25, -0.2) is 4.98 Å². The molecule has 166 valence electrons. The Morgan fingerprint density at radius 2 is 1.70 bits per heavy atom. The number of thiophene rings is 1. The zero-order chi connectivity index (χ0) is 23.3. The van der Waals surface area contributed by atoms with Crippen LogP contribution in [0.1, 0.15) is 17.0 Å². The summed E-state index contributed by atoms with van der Waals surface area (Å²) in [5.41, 5.74) is 1.11. The van der Waals surface area contributed by atoms with E-state index in [9.17, 15) is 9.90 Å². The van der Waals surface area contributed by atoms with Crippen LogP contribution in [0.15, 0.2) is 77.9 Å². The molecule has 8 heteroatoms. The topological polar surface area (TPSA) is 60.0 Å². The highest BCUT2D eigenvalue weighted by atomic mass is 35.5. The third-order valence-electron chi connectivity index (χ3n) is 5.91. The van der Waals surface area contributed by atoms with Crippen molar-refractivity contribution in [1.82, 2.24) is 14.1 Å². The number of pyridine rings is 1. The van der Waals surface area contributed by atoms with Crippen LogP contribution in [0.2, 0.25) is 9.36 Å². The number of fused-ring (bicyclic) bond motifs is 1. The molecule has 33 heavy (non-hydrogen) atoms. The lowest BCUT2D eigenvalue weighted by molar-refractivity contribution is 0.112. The van der Waals surface area contributed by atoms with Gasteiger partial charge in [0.25, 0.3) is 5.56 Å². The van der Waals surface area contributed by atoms with E-state index in [0.29, 0.717) is 26.3 Å². The Labute approximate surface area is 204 Å². The van der Waals surface area contributed by atoms with Crippen LogP contribution in [-0.2, 0) is 19.7 Å². The Kier molecular flexibility index (Phi) is 5.41. The minimum atomic E-state index is -1.55. The van der Waals surface area contributed by atoms with Crippen molar-refractivity contribution in [1.29, 1.82) is 0 Å². The van der Waals surface area contributed by atoms with Gasteiger partial charge in [0.05, 0.1) is 9.85 Å². The summed E-state index contributed by atoms with van der Waals surface area (Å²) in [6, 6.07) is 18.0. The molecule has 0 radical (unpaired) electrons. The lowest BCUT2D eigenvalue weighted by atomic mass is 9.84. The largest absolute Gasteiger partial charge is 0.373 e. The van der Waals surface area contributed by atoms with E-state index in [1.165, 1.54) is 11.3 Å². The average molecular weight is 496 g/mol. The van der Waals surface area contributed by atoms with Gasteiger partial charge in [0.15, 0.2) is 5.60 Å². The van der Waals surface area contributed by atoms with Gasteiger partial charge in [-0.3, -0.25) is 4.79 Å². The Morgan fingerprint density at radius 3 is 2.33 bits per heavy atom. The van der Waals surface area contributed by atoms with E-state index in [1.54, 1.807) is 58.9 Å². The predicted molar refractivity (Wildman–Crippen MR) is 134 cm³/mol. The second kappa shape index (κ2) is 8.15. The lowest BCUT2D eigenvalue weighted by Crippen LogP contribution is -2.32. The third-order valence-corrected chi connectivity index (χ3v) is 7.43. The molecule has 0 amide bonds. The minimum absolute atomic E-state index is 0.119. The number of aromatic nitrogens is 3. The van der Waals surface area contributed by atoms with Crippen molar-refractivity contribution in [3.63, 3.8) is 0 Å². The lowest BCUT2D eigenvalue weighted by Gasteiger charge is -2.29. The number of halogens is 2. The molecule has 0 aliphatic rings. The van der Waals surface area contributed by atoms with Crippen molar-refractivity contribution >= 4 is 45.4 Å². The van der Waals surface area contributed by atoms with Gasteiger partial charge in [0, 0.05) is 53.4 Å². The molecule has 5 aromatic rings. The maximum Gasteiger partial charge on any atom is 0.251 e. The number of hydrogen-bond donors (Lipinski definition) is 1. The normalized spacial score (nSPS) is 13.4. The molecule has 5 nitrogen and oxygen atoms in total. The quantitative estimate of drug-likeness (QED) is 0.353. The van der Waals surface area contributed by atoms with E-state index in [1.807, 2.05) is 37.4 Å². The number of nitrogens with zero attached hydrogens (tertiary/aromatic N) is 3. The summed E-state index contributed by atoms with van der Waals surface area (Å²) >= 11 is 13.7. The van der Waals surface area contributed by atoms with Gasteiger partial charge in [-0.15, -0.1) is 11.3 Å². The number of rotatable bonds is 4. The summed E-state index contributed by atoms with van der Waals surface area (Å²) in [6.45, 7) is 0. The van der Waals surface area contributed by atoms with Crippen LogP contribution in [0.4, 0.5) is 0 Å². The SMILES string of the molecule is Cn1ccnc1C(O)(c1ccc(Cl)cc1)c1ccc2c(c1)c(-c1ccc(Cl)s1)cc(=O)n2C. The van der Waals surface area contributed by atoms with Gasteiger partial charge in [-0.2, -0.15) is 0 Å². The monoisotopic (exact) mass is 495 g/mol. The van der Waals surface area contributed by atoms with Gasteiger partial charge in [-0.05, 0) is 47.5 Å². The van der Waals surface area contributed by atoms with Crippen molar-refractivity contribution in [2.24, 2.45) is 14.1 Å². The van der Waals surface area contributed by atoms with Crippen molar-refractivity contribution in [2.45, 2.75) is 5.60 Å². The van der Waals surface area contributed by atoms with Gasteiger partial charge >= 0.3 is 0 Å². The van der Waals surface area contributed by atoms with E-state index < -0.39 is 5.60 Å². The van der Waals surface area contributed by atoms with Gasteiger partial charge in [-0.1, -0.05) is 41.4 Å². The average Bonchev–Trinajstić information content (AvgIpc) is 3.44. The minimum Gasteiger partial charge on any atom is -0.373 e. The molecule has 0 bridgehead atoms. The summed E-state index contributed by atoms with van der Waals surface area (Å²) in [4.78, 5) is 18.0. The summed E-state index contributed by atoms with van der Waals surface area (Å²) < 4.78 is 4.03. The highest BCUT2D eigenvalue weighted by molar-refractivity contribution is 7.19. The van der Waals surface area contributed by atoms with Crippen molar-refractivity contribution in [2.75, 3.05) is 0 Å². The van der Waals surface area contributed by atoms with Crippen LogP contribution in [0.5, 0.6) is 0 Å². The number of aryl methyl sites for hydroxylation is 2. The Bertz CT molecular complexity index is 1550. The van der Waals surface area contributed by atoms with Crippen LogP contribution >= 0.6 is 34.5 Å². The number of aliphatic hydroxyl groups is 1. The summed E-state index contributed by atoms with van der Waals surface area (Å²) in [5.74, 6) is 0.467. The van der Waals surface area contributed by atoms with E-state index in [0.717, 1.165) is 21.3 Å². The molecule has 0 saturated heterocycles.